The molecule has 0 N–H and O–H groups in total. The number of nitrogens with zero attached hydrogens (tertiary/aromatic N) is 3. The second-order valence-electron chi connectivity index (χ2n) is 9.22. The molecule has 2 fully saturated rings. The second-order valence-corrected chi connectivity index (χ2v) is 11.5. The van der Waals surface area contributed by atoms with Crippen LogP contribution in [-0.4, -0.2) is 35.6 Å². The molecule has 0 atom stereocenters. The predicted molar refractivity (Wildman–Crippen MR) is 162 cm³/mol. The van der Waals surface area contributed by atoms with Gasteiger partial charge in [0, 0.05) is 30.3 Å². The number of ether oxygens (including phenoxy) is 1. The lowest BCUT2D eigenvalue weighted by Gasteiger charge is -2.28. The highest BCUT2D eigenvalue weighted by molar-refractivity contribution is 9.10. The average Bonchev–Trinajstić information content (AvgIpc) is 3.23. The molecule has 5 rings (SSSR count). The van der Waals surface area contributed by atoms with E-state index < -0.39 is 0 Å². The molecule has 0 saturated carbocycles. The summed E-state index contributed by atoms with van der Waals surface area (Å²) in [6.45, 7) is 5.20. The number of aliphatic imine (C=N–C) groups is 1. The third kappa shape index (κ3) is 6.45. The Bertz CT molecular complexity index is 1350. The van der Waals surface area contributed by atoms with Crippen LogP contribution in [0.1, 0.15) is 37.3 Å². The van der Waals surface area contributed by atoms with Gasteiger partial charge in [-0.15, -0.1) is 0 Å². The van der Waals surface area contributed by atoms with Crippen LogP contribution < -0.4 is 9.64 Å². The molecule has 0 aromatic heterocycles. The SMILES string of the molecule is CCN1C(=O)/C(=C/c2ccc(OCc3ccc(Cl)cc3)c(Br)c2)SC1=Nc1ccc(N2CCCCC2)cc1. The number of benzene rings is 3. The lowest BCUT2D eigenvalue weighted by atomic mass is 10.1. The van der Waals surface area contributed by atoms with E-state index in [2.05, 4.69) is 33.0 Å². The summed E-state index contributed by atoms with van der Waals surface area (Å²) >= 11 is 11.0. The minimum absolute atomic E-state index is 0.0274. The maximum atomic E-state index is 13.1. The lowest BCUT2D eigenvalue weighted by Crippen LogP contribution is -2.29. The number of piperidine rings is 1. The standard InChI is InChI=1S/C30H29BrClN3O2S/c1-2-35-29(36)28(38-30(35)33-24-11-13-25(14-12-24)34-16-4-3-5-17-34)19-22-8-15-27(26(31)18-22)37-20-21-6-9-23(32)10-7-21/h6-15,18-19H,2-5,16-17,20H2,1H3/b28-19-,33-30?. The van der Waals surface area contributed by atoms with Gasteiger partial charge in [-0.25, -0.2) is 4.99 Å². The first-order valence-electron chi connectivity index (χ1n) is 12.8. The minimum Gasteiger partial charge on any atom is -0.488 e. The second kappa shape index (κ2) is 12.4. The highest BCUT2D eigenvalue weighted by Crippen LogP contribution is 2.36. The summed E-state index contributed by atoms with van der Waals surface area (Å²) < 4.78 is 6.79. The molecule has 196 valence electrons. The van der Waals surface area contributed by atoms with Gasteiger partial charge < -0.3 is 9.64 Å². The first kappa shape index (κ1) is 26.9. The van der Waals surface area contributed by atoms with Gasteiger partial charge in [0.2, 0.25) is 0 Å². The highest BCUT2D eigenvalue weighted by Gasteiger charge is 2.32. The monoisotopic (exact) mass is 609 g/mol. The number of halogens is 2. The van der Waals surface area contributed by atoms with Crippen LogP contribution in [0.15, 0.2) is 81.1 Å². The fourth-order valence-corrected chi connectivity index (χ4v) is 6.19. The van der Waals surface area contributed by atoms with Crippen molar-refractivity contribution in [3.63, 3.8) is 0 Å². The fraction of sp³-hybridized carbons (Fsp3) is 0.267. The summed E-state index contributed by atoms with van der Waals surface area (Å²) in [4.78, 5) is 22.8. The molecule has 2 heterocycles. The van der Waals surface area contributed by atoms with E-state index >= 15 is 0 Å². The molecular weight excluding hydrogens is 582 g/mol. The van der Waals surface area contributed by atoms with Crippen molar-refractivity contribution in [2.45, 2.75) is 32.8 Å². The van der Waals surface area contributed by atoms with Crippen LogP contribution >= 0.6 is 39.3 Å². The van der Waals surface area contributed by atoms with Gasteiger partial charge in [-0.1, -0.05) is 29.8 Å². The first-order chi connectivity index (χ1) is 18.5. The number of anilines is 1. The zero-order chi connectivity index (χ0) is 26.5. The van der Waals surface area contributed by atoms with Crippen molar-refractivity contribution < 1.29 is 9.53 Å². The van der Waals surface area contributed by atoms with Crippen molar-refractivity contribution in [1.29, 1.82) is 0 Å². The van der Waals surface area contributed by atoms with E-state index in [0.717, 1.165) is 40.1 Å². The van der Waals surface area contributed by atoms with Gasteiger partial charge in [0.1, 0.15) is 12.4 Å². The summed E-state index contributed by atoms with van der Waals surface area (Å²) in [7, 11) is 0. The van der Waals surface area contributed by atoms with E-state index in [1.54, 1.807) is 4.90 Å². The molecule has 2 saturated heterocycles. The topological polar surface area (TPSA) is 45.1 Å². The van der Waals surface area contributed by atoms with Crippen LogP contribution in [0.25, 0.3) is 6.08 Å². The van der Waals surface area contributed by atoms with Gasteiger partial charge in [-0.3, -0.25) is 9.69 Å². The highest BCUT2D eigenvalue weighted by atomic mass is 79.9. The van der Waals surface area contributed by atoms with Crippen molar-refractivity contribution in [1.82, 2.24) is 4.90 Å². The molecular formula is C30H29BrClN3O2S. The van der Waals surface area contributed by atoms with E-state index in [0.29, 0.717) is 28.2 Å². The van der Waals surface area contributed by atoms with Crippen LogP contribution in [0.3, 0.4) is 0 Å². The maximum absolute atomic E-state index is 13.1. The molecule has 0 radical (unpaired) electrons. The summed E-state index contributed by atoms with van der Waals surface area (Å²) in [6, 6.07) is 21.8. The van der Waals surface area contributed by atoms with Crippen molar-refractivity contribution in [2.75, 3.05) is 24.5 Å². The van der Waals surface area contributed by atoms with Crippen molar-refractivity contribution >= 4 is 67.8 Å². The van der Waals surface area contributed by atoms with Crippen LogP contribution in [0.2, 0.25) is 5.02 Å². The summed E-state index contributed by atoms with van der Waals surface area (Å²) in [5.74, 6) is 0.707. The quantitative estimate of drug-likeness (QED) is 0.253. The molecule has 0 unspecified atom stereocenters. The van der Waals surface area contributed by atoms with E-state index in [1.807, 2.05) is 67.6 Å². The van der Waals surface area contributed by atoms with Crippen LogP contribution in [0, 0.1) is 0 Å². The van der Waals surface area contributed by atoms with Crippen molar-refractivity contribution in [3.8, 4) is 5.75 Å². The minimum atomic E-state index is -0.0274. The number of thioether (sulfide) groups is 1. The molecule has 1 amide bonds. The van der Waals surface area contributed by atoms with Gasteiger partial charge in [0.15, 0.2) is 5.17 Å². The smallest absolute Gasteiger partial charge is 0.266 e. The molecule has 38 heavy (non-hydrogen) atoms. The zero-order valence-corrected chi connectivity index (χ0v) is 24.4. The molecule has 5 nitrogen and oxygen atoms in total. The number of hydrogen-bond donors (Lipinski definition) is 0. The third-order valence-electron chi connectivity index (χ3n) is 6.56. The van der Waals surface area contributed by atoms with Crippen LogP contribution in [-0.2, 0) is 11.4 Å². The Balaban J connectivity index is 1.28. The molecule has 2 aliphatic rings. The summed E-state index contributed by atoms with van der Waals surface area (Å²) in [6.07, 6.45) is 5.72. The number of rotatable bonds is 7. The summed E-state index contributed by atoms with van der Waals surface area (Å²) in [5.41, 5.74) is 4.04. The fourth-order valence-electron chi connectivity index (χ4n) is 4.49. The number of amidine groups is 1. The van der Waals surface area contributed by atoms with Crippen molar-refractivity contribution in [3.05, 3.63) is 92.3 Å². The number of likely N-dealkylation sites (N-methyl/N-ethyl adjacent to an activating group) is 1. The normalized spacial score (nSPS) is 18.0. The number of amides is 1. The van der Waals surface area contributed by atoms with E-state index in [4.69, 9.17) is 21.3 Å². The van der Waals surface area contributed by atoms with E-state index in [1.165, 1.54) is 36.7 Å². The van der Waals surface area contributed by atoms with Gasteiger partial charge in [0.05, 0.1) is 15.1 Å². The molecule has 8 heteroatoms. The number of carbonyl (C=O) groups is 1. The van der Waals surface area contributed by atoms with Crippen LogP contribution in [0.5, 0.6) is 5.75 Å². The zero-order valence-electron chi connectivity index (χ0n) is 21.2. The first-order valence-corrected chi connectivity index (χ1v) is 14.8. The van der Waals surface area contributed by atoms with Gasteiger partial charge in [-0.2, -0.15) is 0 Å². The Hall–Kier alpha value is -2.74. The molecule has 3 aromatic rings. The number of hydrogen-bond acceptors (Lipinski definition) is 5. The largest absolute Gasteiger partial charge is 0.488 e. The molecule has 3 aromatic carbocycles. The maximum Gasteiger partial charge on any atom is 0.266 e. The Morgan fingerprint density at radius 1 is 1.03 bits per heavy atom. The Morgan fingerprint density at radius 3 is 2.45 bits per heavy atom. The lowest BCUT2D eigenvalue weighted by molar-refractivity contribution is -0.122. The van der Waals surface area contributed by atoms with Gasteiger partial charge in [0.25, 0.3) is 5.91 Å². The third-order valence-corrected chi connectivity index (χ3v) is 8.44. The Kier molecular flexibility index (Phi) is 8.77. The summed E-state index contributed by atoms with van der Waals surface area (Å²) in [5, 5.41) is 1.41. The number of carbonyl (C=O) groups excluding carboxylic acids is 1. The van der Waals surface area contributed by atoms with Crippen molar-refractivity contribution in [2.24, 2.45) is 4.99 Å². The van der Waals surface area contributed by atoms with E-state index in [9.17, 15) is 4.79 Å². The Morgan fingerprint density at radius 2 is 1.76 bits per heavy atom. The molecule has 0 bridgehead atoms. The van der Waals surface area contributed by atoms with Crippen LogP contribution in [0.4, 0.5) is 11.4 Å². The predicted octanol–water partition coefficient (Wildman–Crippen LogP) is 8.30. The van der Waals surface area contributed by atoms with Gasteiger partial charge in [-0.05, 0) is 120 Å². The van der Waals surface area contributed by atoms with E-state index in [-0.39, 0.29) is 5.91 Å². The molecule has 0 aliphatic carbocycles. The average molecular weight is 611 g/mol. The molecule has 2 aliphatic heterocycles. The van der Waals surface area contributed by atoms with Gasteiger partial charge >= 0.3 is 0 Å². The molecule has 0 spiro atoms. The Labute approximate surface area is 241 Å².